The van der Waals surface area contributed by atoms with Crippen molar-refractivity contribution in [2.45, 2.75) is 31.3 Å². The molecule has 0 atom stereocenters. The Kier molecular flexibility index (Phi) is 8.31. The van der Waals surface area contributed by atoms with Crippen LogP contribution in [0.25, 0.3) is 0 Å². The average Bonchev–Trinajstić information content (AvgIpc) is 2.72. The number of carbonyl (C=O) groups is 1. The van der Waals surface area contributed by atoms with Gasteiger partial charge in [-0.2, -0.15) is 0 Å². The Labute approximate surface area is 175 Å². The first kappa shape index (κ1) is 23.3. The number of para-hydroxylation sites is 2. The van der Waals surface area contributed by atoms with E-state index in [0.717, 1.165) is 16.4 Å². The smallest absolute Gasteiger partial charge is 0.289 e. The highest BCUT2D eigenvalue weighted by molar-refractivity contribution is 7.93. The monoisotopic (exact) mass is 435 g/mol. The fourth-order valence-electron chi connectivity index (χ4n) is 2.66. The zero-order chi connectivity index (χ0) is 22.1. The van der Waals surface area contributed by atoms with Gasteiger partial charge in [-0.25, -0.2) is 8.42 Å². The quantitative estimate of drug-likeness (QED) is 0.329. The second-order valence-corrected chi connectivity index (χ2v) is 8.53. The minimum atomic E-state index is -4.37. The Hall–Kier alpha value is -2.98. The molecule has 0 fully saturated rings. The van der Waals surface area contributed by atoms with Crippen LogP contribution in [0.15, 0.2) is 59.5 Å². The molecular formula is C20H25N3O6S. The fourth-order valence-corrected chi connectivity index (χ4v) is 4.24. The van der Waals surface area contributed by atoms with E-state index < -0.39 is 38.0 Å². The number of amides is 1. The van der Waals surface area contributed by atoms with Crippen molar-refractivity contribution in [3.05, 3.63) is 64.7 Å². The predicted molar refractivity (Wildman–Crippen MR) is 113 cm³/mol. The third-order valence-electron chi connectivity index (χ3n) is 4.06. The maximum Gasteiger partial charge on any atom is 0.289 e. The highest BCUT2D eigenvalue weighted by Crippen LogP contribution is 2.29. The summed E-state index contributed by atoms with van der Waals surface area (Å²) in [5, 5.41) is 14.0. The topological polar surface area (TPSA) is 119 Å². The lowest BCUT2D eigenvalue weighted by Gasteiger charge is -2.24. The van der Waals surface area contributed by atoms with Gasteiger partial charge in [0.05, 0.1) is 16.7 Å². The Morgan fingerprint density at radius 3 is 2.40 bits per heavy atom. The molecule has 0 aromatic heterocycles. The van der Waals surface area contributed by atoms with Crippen molar-refractivity contribution in [3.8, 4) is 0 Å². The first-order chi connectivity index (χ1) is 14.2. The summed E-state index contributed by atoms with van der Waals surface area (Å²) in [6, 6.07) is 13.1. The second kappa shape index (κ2) is 10.7. The third-order valence-corrected chi connectivity index (χ3v) is 5.88. The molecule has 0 heterocycles. The van der Waals surface area contributed by atoms with Crippen LogP contribution in [0.2, 0.25) is 0 Å². The van der Waals surface area contributed by atoms with E-state index in [-0.39, 0.29) is 11.8 Å². The van der Waals surface area contributed by atoms with E-state index in [1.807, 2.05) is 13.8 Å². The predicted octanol–water partition coefficient (Wildman–Crippen LogP) is 2.72. The Morgan fingerprint density at radius 2 is 1.77 bits per heavy atom. The first-order valence-corrected chi connectivity index (χ1v) is 10.9. The molecule has 1 amide bonds. The van der Waals surface area contributed by atoms with Gasteiger partial charge in [-0.05, 0) is 38.5 Å². The van der Waals surface area contributed by atoms with Crippen LogP contribution in [-0.4, -0.2) is 45.0 Å². The van der Waals surface area contributed by atoms with Crippen LogP contribution in [0, 0.1) is 10.1 Å². The molecule has 162 valence electrons. The first-order valence-electron chi connectivity index (χ1n) is 9.43. The van der Waals surface area contributed by atoms with Crippen molar-refractivity contribution in [1.82, 2.24) is 5.32 Å². The number of rotatable bonds is 11. The van der Waals surface area contributed by atoms with Gasteiger partial charge in [0.25, 0.3) is 15.7 Å². The van der Waals surface area contributed by atoms with Crippen LogP contribution >= 0.6 is 0 Å². The molecule has 0 spiro atoms. The third kappa shape index (κ3) is 6.26. The van der Waals surface area contributed by atoms with Crippen molar-refractivity contribution in [3.63, 3.8) is 0 Å². The summed E-state index contributed by atoms with van der Waals surface area (Å²) in [4.78, 5) is 22.5. The molecule has 0 aliphatic heterocycles. The molecule has 0 aliphatic carbocycles. The molecule has 0 aliphatic rings. The molecule has 0 radical (unpaired) electrons. The molecule has 0 saturated heterocycles. The van der Waals surface area contributed by atoms with Gasteiger partial charge in [-0.15, -0.1) is 0 Å². The van der Waals surface area contributed by atoms with E-state index in [1.54, 1.807) is 18.2 Å². The Bertz CT molecular complexity index is 964. The van der Waals surface area contributed by atoms with Crippen LogP contribution in [0.5, 0.6) is 0 Å². The number of anilines is 1. The number of nitro benzene ring substituents is 1. The van der Waals surface area contributed by atoms with E-state index in [4.69, 9.17) is 4.74 Å². The Balaban J connectivity index is 2.25. The zero-order valence-electron chi connectivity index (χ0n) is 16.9. The summed E-state index contributed by atoms with van der Waals surface area (Å²) < 4.78 is 32.8. The number of nitro groups is 1. The normalized spacial score (nSPS) is 11.3. The lowest BCUT2D eigenvalue weighted by atomic mass is 10.3. The molecule has 1 N–H and O–H groups in total. The summed E-state index contributed by atoms with van der Waals surface area (Å²) >= 11 is 0. The number of ether oxygens (including phenoxy) is 1. The van der Waals surface area contributed by atoms with Gasteiger partial charge in [-0.1, -0.05) is 30.3 Å². The summed E-state index contributed by atoms with van der Waals surface area (Å²) in [5.41, 5.74) is -0.321. The molecule has 0 bridgehead atoms. The van der Waals surface area contributed by atoms with Gasteiger partial charge < -0.3 is 10.1 Å². The van der Waals surface area contributed by atoms with Crippen molar-refractivity contribution in [2.24, 2.45) is 0 Å². The summed E-state index contributed by atoms with van der Waals surface area (Å²) in [6.07, 6.45) is 0.660. The minimum Gasteiger partial charge on any atom is -0.379 e. The number of nitrogens with zero attached hydrogens (tertiary/aromatic N) is 2. The summed E-state index contributed by atoms with van der Waals surface area (Å²) in [6.45, 7) is 4.09. The van der Waals surface area contributed by atoms with Crippen molar-refractivity contribution in [2.75, 3.05) is 24.0 Å². The highest BCUT2D eigenvalue weighted by Gasteiger charge is 2.32. The molecule has 9 nitrogen and oxygen atoms in total. The maximum atomic E-state index is 13.3. The van der Waals surface area contributed by atoms with Crippen LogP contribution in [0.1, 0.15) is 20.3 Å². The van der Waals surface area contributed by atoms with E-state index in [1.165, 1.54) is 24.3 Å². The van der Waals surface area contributed by atoms with E-state index in [9.17, 15) is 23.3 Å². The summed E-state index contributed by atoms with van der Waals surface area (Å²) in [7, 11) is -4.37. The molecule has 2 aromatic rings. The van der Waals surface area contributed by atoms with Crippen LogP contribution in [0.3, 0.4) is 0 Å². The molecular weight excluding hydrogens is 410 g/mol. The Morgan fingerprint density at radius 1 is 1.13 bits per heavy atom. The van der Waals surface area contributed by atoms with Gasteiger partial charge in [0.15, 0.2) is 4.90 Å². The van der Waals surface area contributed by atoms with Crippen molar-refractivity contribution in [1.29, 1.82) is 0 Å². The van der Waals surface area contributed by atoms with Gasteiger partial charge in [0, 0.05) is 19.2 Å². The number of hydrogen-bond donors (Lipinski definition) is 1. The zero-order valence-corrected chi connectivity index (χ0v) is 17.7. The summed E-state index contributed by atoms with van der Waals surface area (Å²) in [5.74, 6) is -0.523. The lowest BCUT2D eigenvalue weighted by molar-refractivity contribution is -0.387. The largest absolute Gasteiger partial charge is 0.379 e. The number of carbonyl (C=O) groups excluding carboxylic acids is 1. The van der Waals surface area contributed by atoms with Crippen LogP contribution in [-0.2, 0) is 19.6 Å². The fraction of sp³-hybridized carbons (Fsp3) is 0.350. The van der Waals surface area contributed by atoms with Gasteiger partial charge in [0.1, 0.15) is 6.54 Å². The number of benzene rings is 2. The van der Waals surface area contributed by atoms with Crippen LogP contribution < -0.4 is 9.62 Å². The molecule has 10 heteroatoms. The van der Waals surface area contributed by atoms with Gasteiger partial charge >= 0.3 is 0 Å². The van der Waals surface area contributed by atoms with Crippen molar-refractivity contribution < 1.29 is 22.9 Å². The minimum absolute atomic E-state index is 0.0843. The number of sulfonamides is 1. The molecule has 2 rings (SSSR count). The lowest BCUT2D eigenvalue weighted by Crippen LogP contribution is -2.41. The standard InChI is InChI=1S/C20H25N3O6S/c1-16(2)29-14-8-13-21-20(24)15-22(17-9-4-3-5-10-17)30(27,28)19-12-7-6-11-18(19)23(25)26/h3-7,9-12,16H,8,13-15H2,1-2H3,(H,21,24). The van der Waals surface area contributed by atoms with E-state index >= 15 is 0 Å². The van der Waals surface area contributed by atoms with Gasteiger partial charge in [-0.3, -0.25) is 19.2 Å². The van der Waals surface area contributed by atoms with Crippen molar-refractivity contribution >= 4 is 27.3 Å². The molecule has 2 aromatic carbocycles. The highest BCUT2D eigenvalue weighted by atomic mass is 32.2. The number of nitrogens with one attached hydrogen (secondary N) is 1. The van der Waals surface area contributed by atoms with E-state index in [0.29, 0.717) is 19.6 Å². The van der Waals surface area contributed by atoms with Gasteiger partial charge in [0.2, 0.25) is 5.91 Å². The van der Waals surface area contributed by atoms with E-state index in [2.05, 4.69) is 5.32 Å². The second-order valence-electron chi connectivity index (χ2n) is 6.70. The molecule has 0 unspecified atom stereocenters. The maximum absolute atomic E-state index is 13.3. The molecule has 0 saturated carbocycles. The number of hydrogen-bond acceptors (Lipinski definition) is 6. The average molecular weight is 436 g/mol. The SMILES string of the molecule is CC(C)OCCCNC(=O)CN(c1ccccc1)S(=O)(=O)c1ccccc1[N+](=O)[O-]. The molecule has 30 heavy (non-hydrogen) atoms. The van der Waals surface area contributed by atoms with Crippen LogP contribution in [0.4, 0.5) is 11.4 Å².